The van der Waals surface area contributed by atoms with Gasteiger partial charge in [0, 0.05) is 11.6 Å². The number of aliphatic carboxylic acids is 2. The summed E-state index contributed by atoms with van der Waals surface area (Å²) < 4.78 is 0. The molecule has 0 amide bonds. The standard InChI is InChI=1S/2C7H12O2/c1-3-4-5-6(2)7(8)9;1-2-3-4-5-6-7(8)9/h2-5H2,1H3,(H,8,9);5-6H,2-4H2,1H3,(H,8,9). The number of carboxylic acids is 2. The highest BCUT2D eigenvalue weighted by Gasteiger charge is 2.00. The lowest BCUT2D eigenvalue weighted by Gasteiger charge is -1.95. The van der Waals surface area contributed by atoms with E-state index >= 15 is 0 Å². The van der Waals surface area contributed by atoms with Crippen LogP contribution < -0.4 is 0 Å². The lowest BCUT2D eigenvalue weighted by molar-refractivity contribution is -0.133. The molecule has 18 heavy (non-hydrogen) atoms. The molecule has 0 aliphatic heterocycles. The van der Waals surface area contributed by atoms with Crippen LogP contribution in [0.2, 0.25) is 0 Å². The number of allylic oxidation sites excluding steroid dienone is 1. The zero-order valence-electron chi connectivity index (χ0n) is 11.3. The molecular weight excluding hydrogens is 232 g/mol. The Bertz CT molecular complexity index is 280. The summed E-state index contributed by atoms with van der Waals surface area (Å²) in [5.41, 5.74) is 0.317. The summed E-state index contributed by atoms with van der Waals surface area (Å²) >= 11 is 0. The molecule has 0 saturated carbocycles. The second kappa shape index (κ2) is 13.5. The summed E-state index contributed by atoms with van der Waals surface area (Å²) in [5.74, 6) is -1.73. The first kappa shape index (κ1) is 18.8. The Morgan fingerprint density at radius 1 is 1.11 bits per heavy atom. The van der Waals surface area contributed by atoms with Crippen LogP contribution in [0, 0.1) is 0 Å². The van der Waals surface area contributed by atoms with E-state index in [9.17, 15) is 9.59 Å². The van der Waals surface area contributed by atoms with Gasteiger partial charge in [0.15, 0.2) is 0 Å². The molecule has 0 aliphatic rings. The largest absolute Gasteiger partial charge is 0.478 e. The summed E-state index contributed by atoms with van der Waals surface area (Å²) in [5, 5.41) is 16.4. The van der Waals surface area contributed by atoms with Crippen molar-refractivity contribution in [1.82, 2.24) is 0 Å². The van der Waals surface area contributed by atoms with Crippen LogP contribution in [0.5, 0.6) is 0 Å². The Morgan fingerprint density at radius 2 is 1.67 bits per heavy atom. The summed E-state index contributed by atoms with van der Waals surface area (Å²) in [4.78, 5) is 20.0. The minimum atomic E-state index is -0.872. The summed E-state index contributed by atoms with van der Waals surface area (Å²) in [7, 11) is 0. The van der Waals surface area contributed by atoms with Crippen LogP contribution in [0.25, 0.3) is 0 Å². The van der Waals surface area contributed by atoms with Crippen LogP contribution in [-0.4, -0.2) is 22.2 Å². The number of hydrogen-bond donors (Lipinski definition) is 2. The van der Waals surface area contributed by atoms with Crippen molar-refractivity contribution in [3.05, 3.63) is 24.3 Å². The van der Waals surface area contributed by atoms with E-state index in [2.05, 4.69) is 13.5 Å². The van der Waals surface area contributed by atoms with Gasteiger partial charge in [-0.25, -0.2) is 9.59 Å². The van der Waals surface area contributed by atoms with Crippen molar-refractivity contribution in [2.24, 2.45) is 0 Å². The molecule has 0 spiro atoms. The molecule has 0 unspecified atom stereocenters. The smallest absolute Gasteiger partial charge is 0.330 e. The Kier molecular flexibility index (Phi) is 14.1. The number of carboxylic acid groups (broad SMARTS) is 2. The molecule has 4 nitrogen and oxygen atoms in total. The fourth-order valence-electron chi connectivity index (χ4n) is 1.00. The number of unbranched alkanes of at least 4 members (excludes halogenated alkanes) is 3. The predicted octanol–water partition coefficient (Wildman–Crippen LogP) is 3.63. The van der Waals surface area contributed by atoms with Gasteiger partial charge in [0.2, 0.25) is 0 Å². The monoisotopic (exact) mass is 256 g/mol. The first-order valence-electron chi connectivity index (χ1n) is 6.26. The van der Waals surface area contributed by atoms with E-state index in [0.717, 1.165) is 32.1 Å². The number of rotatable bonds is 8. The van der Waals surface area contributed by atoms with Crippen molar-refractivity contribution in [1.29, 1.82) is 0 Å². The third-order valence-corrected chi connectivity index (χ3v) is 2.12. The lowest BCUT2D eigenvalue weighted by Crippen LogP contribution is -1.97. The topological polar surface area (TPSA) is 74.6 Å². The third kappa shape index (κ3) is 16.8. The molecule has 0 fully saturated rings. The van der Waals surface area contributed by atoms with Crippen molar-refractivity contribution >= 4 is 11.9 Å². The first-order valence-corrected chi connectivity index (χ1v) is 6.26. The second-order valence-electron chi connectivity index (χ2n) is 3.90. The van der Waals surface area contributed by atoms with Gasteiger partial charge in [-0.15, -0.1) is 0 Å². The summed E-state index contributed by atoms with van der Waals surface area (Å²) in [6, 6.07) is 0. The molecule has 0 rings (SSSR count). The van der Waals surface area contributed by atoms with Crippen molar-refractivity contribution in [2.45, 2.75) is 52.4 Å². The van der Waals surface area contributed by atoms with E-state index < -0.39 is 11.9 Å². The normalized spacial score (nSPS) is 9.67. The Labute approximate surface area is 109 Å². The van der Waals surface area contributed by atoms with Gasteiger partial charge in [-0.1, -0.05) is 45.8 Å². The van der Waals surface area contributed by atoms with E-state index in [1.807, 2.05) is 6.92 Å². The van der Waals surface area contributed by atoms with Gasteiger partial charge in [-0.05, 0) is 19.3 Å². The van der Waals surface area contributed by atoms with Gasteiger partial charge in [-0.2, -0.15) is 0 Å². The molecule has 0 radical (unpaired) electrons. The number of carbonyl (C=O) groups is 2. The fourth-order valence-corrected chi connectivity index (χ4v) is 1.00. The van der Waals surface area contributed by atoms with Gasteiger partial charge in [-0.3, -0.25) is 0 Å². The molecule has 0 saturated heterocycles. The van der Waals surface area contributed by atoms with E-state index in [4.69, 9.17) is 10.2 Å². The predicted molar refractivity (Wildman–Crippen MR) is 72.6 cm³/mol. The van der Waals surface area contributed by atoms with Crippen molar-refractivity contribution in [3.63, 3.8) is 0 Å². The lowest BCUT2D eigenvalue weighted by atomic mass is 10.1. The zero-order chi connectivity index (χ0) is 14.4. The van der Waals surface area contributed by atoms with E-state index in [0.29, 0.717) is 12.0 Å². The molecule has 104 valence electrons. The Hall–Kier alpha value is -1.58. The van der Waals surface area contributed by atoms with Crippen LogP contribution in [-0.2, 0) is 9.59 Å². The molecule has 0 aromatic rings. The minimum absolute atomic E-state index is 0.317. The molecule has 0 atom stereocenters. The van der Waals surface area contributed by atoms with E-state index in [1.54, 1.807) is 6.08 Å². The second-order valence-corrected chi connectivity index (χ2v) is 3.90. The van der Waals surface area contributed by atoms with Gasteiger partial charge in [0.25, 0.3) is 0 Å². The van der Waals surface area contributed by atoms with Crippen molar-refractivity contribution < 1.29 is 19.8 Å². The maximum atomic E-state index is 10.1. The van der Waals surface area contributed by atoms with Gasteiger partial charge < -0.3 is 10.2 Å². The van der Waals surface area contributed by atoms with Crippen LogP contribution >= 0.6 is 0 Å². The summed E-state index contributed by atoms with van der Waals surface area (Å²) in [6.07, 6.45) is 8.50. The highest BCUT2D eigenvalue weighted by atomic mass is 16.4. The summed E-state index contributed by atoms with van der Waals surface area (Å²) in [6.45, 7) is 7.49. The first-order chi connectivity index (χ1) is 8.45. The van der Waals surface area contributed by atoms with Crippen LogP contribution in [0.3, 0.4) is 0 Å². The molecule has 4 heteroatoms. The zero-order valence-corrected chi connectivity index (χ0v) is 11.3. The van der Waals surface area contributed by atoms with Crippen molar-refractivity contribution in [2.75, 3.05) is 0 Å². The van der Waals surface area contributed by atoms with Gasteiger partial charge in [0.05, 0.1) is 0 Å². The molecule has 0 aliphatic carbocycles. The van der Waals surface area contributed by atoms with Crippen LogP contribution in [0.4, 0.5) is 0 Å². The molecule has 0 aromatic heterocycles. The molecule has 0 heterocycles. The van der Waals surface area contributed by atoms with E-state index in [-0.39, 0.29) is 0 Å². The molecule has 2 N–H and O–H groups in total. The molecule has 0 aromatic carbocycles. The average molecular weight is 256 g/mol. The highest BCUT2D eigenvalue weighted by Crippen LogP contribution is 2.03. The molecule has 0 bridgehead atoms. The van der Waals surface area contributed by atoms with Crippen LogP contribution in [0.1, 0.15) is 52.4 Å². The Morgan fingerprint density at radius 3 is 2.06 bits per heavy atom. The fraction of sp³-hybridized carbons (Fsp3) is 0.571. The SMILES string of the molecule is C=C(CCCC)C(=O)O.CCCCC=CC(=O)O. The minimum Gasteiger partial charge on any atom is -0.478 e. The highest BCUT2D eigenvalue weighted by molar-refractivity contribution is 5.85. The quantitative estimate of drug-likeness (QED) is 0.513. The van der Waals surface area contributed by atoms with E-state index in [1.165, 1.54) is 6.08 Å². The van der Waals surface area contributed by atoms with Gasteiger partial charge >= 0.3 is 11.9 Å². The average Bonchev–Trinajstić information content (AvgIpc) is 2.32. The maximum Gasteiger partial charge on any atom is 0.330 e. The van der Waals surface area contributed by atoms with Crippen molar-refractivity contribution in [3.8, 4) is 0 Å². The number of hydrogen-bond acceptors (Lipinski definition) is 2. The Balaban J connectivity index is 0. The third-order valence-electron chi connectivity index (χ3n) is 2.12. The van der Waals surface area contributed by atoms with Crippen LogP contribution in [0.15, 0.2) is 24.3 Å². The van der Waals surface area contributed by atoms with Gasteiger partial charge in [0.1, 0.15) is 0 Å². The molecular formula is C14H24O4. The maximum absolute atomic E-state index is 10.1.